The molecule has 2 aliphatic rings. The fraction of sp³-hybridized carbons (Fsp3) is 0.263. The van der Waals surface area contributed by atoms with E-state index in [1.165, 1.54) is 6.33 Å². The Morgan fingerprint density at radius 3 is 1.54 bits per heavy atom. The predicted octanol–water partition coefficient (Wildman–Crippen LogP) is 8.44. The molecule has 0 amide bonds. The van der Waals surface area contributed by atoms with Gasteiger partial charge in [0.1, 0.15) is 29.9 Å². The SMILES string of the molecule is [C-]#[N+]c1cccc([N+]#[C-])c1NN=C1C(=N)C(c2cc(C3C=C(C(C)(C)C)C(=NNc4c(C#N)cccc4C#N)C3=N)ncn2)C=C1C(C)(C)C. The zero-order chi connectivity index (χ0) is 36.4. The van der Waals surface area contributed by atoms with E-state index in [2.05, 4.69) is 52.9 Å². The molecule has 0 saturated carbocycles. The summed E-state index contributed by atoms with van der Waals surface area (Å²) < 4.78 is 0. The molecule has 0 aliphatic heterocycles. The second kappa shape index (κ2) is 13.4. The molecule has 50 heavy (non-hydrogen) atoms. The van der Waals surface area contributed by atoms with Crippen LogP contribution in [0.2, 0.25) is 0 Å². The van der Waals surface area contributed by atoms with Crippen LogP contribution in [0.15, 0.2) is 82.3 Å². The summed E-state index contributed by atoms with van der Waals surface area (Å²) >= 11 is 0. The summed E-state index contributed by atoms with van der Waals surface area (Å²) in [6.45, 7) is 27.2. The Bertz CT molecular complexity index is 2010. The lowest BCUT2D eigenvalue weighted by molar-refractivity contribution is 0.524. The lowest BCUT2D eigenvalue weighted by Gasteiger charge is -2.21. The number of hydrogen-bond donors (Lipinski definition) is 4. The molecule has 4 N–H and O–H groups in total. The predicted molar refractivity (Wildman–Crippen MR) is 195 cm³/mol. The lowest BCUT2D eigenvalue weighted by Crippen LogP contribution is -2.23. The molecule has 0 fully saturated rings. The number of anilines is 2. The van der Waals surface area contributed by atoms with E-state index < -0.39 is 22.7 Å². The van der Waals surface area contributed by atoms with Crippen LogP contribution < -0.4 is 10.9 Å². The van der Waals surface area contributed by atoms with Crippen LogP contribution in [-0.2, 0) is 0 Å². The Morgan fingerprint density at radius 1 is 0.720 bits per heavy atom. The van der Waals surface area contributed by atoms with Gasteiger partial charge in [-0.1, -0.05) is 78.0 Å². The Hall–Kier alpha value is -6.76. The van der Waals surface area contributed by atoms with Crippen LogP contribution in [0.5, 0.6) is 0 Å². The number of aromatic nitrogens is 2. The molecule has 12 heteroatoms. The molecule has 3 aromatic rings. The molecule has 0 radical (unpaired) electrons. The molecule has 246 valence electrons. The Kier molecular flexibility index (Phi) is 9.26. The van der Waals surface area contributed by atoms with Gasteiger partial charge in [-0.2, -0.15) is 20.7 Å². The van der Waals surface area contributed by atoms with Crippen molar-refractivity contribution in [1.29, 1.82) is 21.3 Å². The molecule has 1 aromatic heterocycles. The number of rotatable bonds is 6. The maximum Gasteiger partial charge on any atom is 0.201 e. The van der Waals surface area contributed by atoms with Gasteiger partial charge in [0.05, 0.1) is 70.3 Å². The third-order valence-electron chi connectivity index (χ3n) is 8.40. The third-order valence-corrected chi connectivity index (χ3v) is 8.40. The van der Waals surface area contributed by atoms with Crippen LogP contribution in [-0.4, -0.2) is 32.8 Å². The number of hydrazone groups is 2. The lowest BCUT2D eigenvalue weighted by atomic mass is 9.85. The van der Waals surface area contributed by atoms with Crippen LogP contribution >= 0.6 is 0 Å². The number of hydrogen-bond acceptors (Lipinski definition) is 10. The van der Waals surface area contributed by atoms with Crippen molar-refractivity contribution >= 4 is 45.6 Å². The van der Waals surface area contributed by atoms with E-state index in [-0.39, 0.29) is 45.3 Å². The van der Waals surface area contributed by atoms with Crippen LogP contribution in [0.25, 0.3) is 9.69 Å². The third kappa shape index (κ3) is 6.52. The zero-order valence-electron chi connectivity index (χ0n) is 28.5. The molecule has 2 aromatic carbocycles. The molecule has 2 atom stereocenters. The van der Waals surface area contributed by atoms with Crippen LogP contribution in [0, 0.1) is 57.5 Å². The molecule has 0 bridgehead atoms. The van der Waals surface area contributed by atoms with Gasteiger partial charge in [0.25, 0.3) is 0 Å². The number of nitriles is 2. The zero-order valence-corrected chi connectivity index (χ0v) is 28.5. The summed E-state index contributed by atoms with van der Waals surface area (Å²) in [4.78, 5) is 16.1. The van der Waals surface area contributed by atoms with Crippen LogP contribution in [0.4, 0.5) is 22.7 Å². The summed E-state index contributed by atoms with van der Waals surface area (Å²) in [7, 11) is 0. The van der Waals surface area contributed by atoms with Crippen LogP contribution in [0.1, 0.15) is 75.9 Å². The van der Waals surface area contributed by atoms with Crippen molar-refractivity contribution < 1.29 is 0 Å². The molecule has 0 saturated heterocycles. The quantitative estimate of drug-likeness (QED) is 0.152. The minimum atomic E-state index is -0.568. The van der Waals surface area contributed by atoms with Crippen molar-refractivity contribution in [2.45, 2.75) is 53.4 Å². The van der Waals surface area contributed by atoms with Gasteiger partial charge >= 0.3 is 0 Å². The molecular formula is C38H34N12. The standard InChI is InChI=1S/C38H34N12/c1-37(2,3)25-15-23(31(41)34(25)48-47-33-21(18-39)11-9-12-22(33)19-40)29-17-30(46-20-45-29)24-16-26(38(4,5)6)35(32(24)42)49-50-36-27(43-7)13-10-14-28(36)44-8/h9-17,20,23-24,41-42,47,50H,1-6H3. The first-order chi connectivity index (χ1) is 23.7. The van der Waals surface area contributed by atoms with Gasteiger partial charge in [-0.15, -0.1) is 0 Å². The molecule has 2 aliphatic carbocycles. The maximum absolute atomic E-state index is 9.62. The number of allylic oxidation sites excluding steroid dienone is 4. The maximum atomic E-state index is 9.62. The van der Waals surface area contributed by atoms with E-state index in [1.807, 2.05) is 53.7 Å². The van der Waals surface area contributed by atoms with Crippen molar-refractivity contribution in [2.75, 3.05) is 10.9 Å². The highest BCUT2D eigenvalue weighted by Gasteiger charge is 2.39. The molecule has 5 rings (SSSR count). The van der Waals surface area contributed by atoms with Crippen molar-refractivity contribution in [3.05, 3.63) is 117 Å². The Balaban J connectivity index is 1.51. The largest absolute Gasteiger partial charge is 0.302 e. The Labute approximate surface area is 291 Å². The average molecular weight is 659 g/mol. The highest BCUT2D eigenvalue weighted by atomic mass is 15.3. The van der Waals surface area contributed by atoms with Gasteiger partial charge in [0.15, 0.2) is 0 Å². The molecular weight excluding hydrogens is 625 g/mol. The second-order valence-electron chi connectivity index (χ2n) is 13.8. The normalized spacial score (nSPS) is 18.9. The highest BCUT2D eigenvalue weighted by Crippen LogP contribution is 2.41. The summed E-state index contributed by atoms with van der Waals surface area (Å²) in [6, 6.07) is 15.6. The van der Waals surface area contributed by atoms with Crippen molar-refractivity contribution in [2.24, 2.45) is 21.0 Å². The van der Waals surface area contributed by atoms with Gasteiger partial charge in [-0.05, 0) is 40.2 Å². The number of nitrogens with one attached hydrogen (secondary N) is 4. The summed E-state index contributed by atoms with van der Waals surface area (Å²) in [5, 5.41) is 46.8. The fourth-order valence-electron chi connectivity index (χ4n) is 5.80. The van der Waals surface area contributed by atoms with Gasteiger partial charge in [-0.25, -0.2) is 19.7 Å². The fourth-order valence-corrected chi connectivity index (χ4v) is 5.80. The molecule has 2 unspecified atom stereocenters. The minimum absolute atomic E-state index is 0.188. The summed E-state index contributed by atoms with van der Waals surface area (Å²) in [5.74, 6) is -1.13. The molecule has 12 nitrogen and oxygen atoms in total. The van der Waals surface area contributed by atoms with Gasteiger partial charge in [0, 0.05) is 0 Å². The first kappa shape index (κ1) is 34.6. The van der Waals surface area contributed by atoms with E-state index in [4.69, 9.17) is 13.1 Å². The monoisotopic (exact) mass is 658 g/mol. The minimum Gasteiger partial charge on any atom is -0.302 e. The summed E-state index contributed by atoms with van der Waals surface area (Å²) in [6.07, 6.45) is 5.34. The highest BCUT2D eigenvalue weighted by molar-refractivity contribution is 6.52. The topological polar surface area (TPSA) is 179 Å². The van der Waals surface area contributed by atoms with E-state index >= 15 is 0 Å². The molecule has 1 heterocycles. The van der Waals surface area contributed by atoms with Gasteiger partial charge in [-0.3, -0.25) is 10.9 Å². The average Bonchev–Trinajstić information content (AvgIpc) is 3.62. The number of para-hydroxylation sites is 2. The second-order valence-corrected chi connectivity index (χ2v) is 13.8. The van der Waals surface area contributed by atoms with E-state index in [1.54, 1.807) is 42.5 Å². The smallest absolute Gasteiger partial charge is 0.201 e. The van der Waals surface area contributed by atoms with E-state index in [0.717, 1.165) is 11.1 Å². The van der Waals surface area contributed by atoms with E-state index in [0.29, 0.717) is 22.8 Å². The first-order valence-corrected chi connectivity index (χ1v) is 15.7. The molecule has 0 spiro atoms. The van der Waals surface area contributed by atoms with Crippen molar-refractivity contribution in [3.8, 4) is 12.1 Å². The van der Waals surface area contributed by atoms with E-state index in [9.17, 15) is 21.3 Å². The Morgan fingerprint density at radius 2 is 1.14 bits per heavy atom. The van der Waals surface area contributed by atoms with Crippen molar-refractivity contribution in [1.82, 2.24) is 9.97 Å². The number of benzene rings is 2. The summed E-state index contributed by atoms with van der Waals surface area (Å²) in [5.41, 5.74) is 10.5. The van der Waals surface area contributed by atoms with Gasteiger partial charge in [0.2, 0.25) is 11.4 Å². The first-order valence-electron chi connectivity index (χ1n) is 15.7. The van der Waals surface area contributed by atoms with Crippen molar-refractivity contribution in [3.63, 3.8) is 0 Å². The van der Waals surface area contributed by atoms with Gasteiger partial charge < -0.3 is 10.8 Å². The number of nitrogens with zero attached hydrogens (tertiary/aromatic N) is 8. The van der Waals surface area contributed by atoms with Crippen LogP contribution in [0.3, 0.4) is 0 Å².